The number of amides is 2. The molecule has 2 saturated heterocycles. The van der Waals surface area contributed by atoms with Crippen molar-refractivity contribution in [2.24, 2.45) is 0 Å². The van der Waals surface area contributed by atoms with Crippen LogP contribution in [0.1, 0.15) is 55.0 Å². The first-order valence-corrected chi connectivity index (χ1v) is 12.0. The fourth-order valence-electron chi connectivity index (χ4n) is 4.88. The first-order valence-electron chi connectivity index (χ1n) is 12.0. The lowest BCUT2D eigenvalue weighted by Gasteiger charge is -2.40. The molecule has 2 atom stereocenters. The average molecular weight is 463 g/mol. The Labute approximate surface area is 198 Å². The summed E-state index contributed by atoms with van der Waals surface area (Å²) in [6, 6.07) is 8.68. The van der Waals surface area contributed by atoms with Crippen LogP contribution >= 0.6 is 0 Å². The molecule has 4 heterocycles. The van der Waals surface area contributed by atoms with E-state index in [0.29, 0.717) is 56.4 Å². The molecule has 178 valence electrons. The van der Waals surface area contributed by atoms with E-state index in [4.69, 9.17) is 4.52 Å². The van der Waals surface area contributed by atoms with Gasteiger partial charge in [0.1, 0.15) is 5.69 Å². The quantitative estimate of drug-likeness (QED) is 0.634. The molecule has 0 spiro atoms. The van der Waals surface area contributed by atoms with Crippen molar-refractivity contribution in [3.8, 4) is 11.5 Å². The number of urea groups is 1. The Balaban J connectivity index is 1.40. The van der Waals surface area contributed by atoms with Gasteiger partial charge in [-0.3, -0.25) is 4.98 Å². The molecule has 34 heavy (non-hydrogen) atoms. The van der Waals surface area contributed by atoms with E-state index in [-0.39, 0.29) is 24.0 Å². The Morgan fingerprint density at radius 1 is 1.09 bits per heavy atom. The number of aryl methyl sites for hydroxylation is 1. The summed E-state index contributed by atoms with van der Waals surface area (Å²) in [6.45, 7) is 4.46. The molecule has 2 amide bonds. The number of nitrogens with zero attached hydrogens (tertiary/aromatic N) is 6. The topological polar surface area (TPSA) is 108 Å². The van der Waals surface area contributed by atoms with Crippen LogP contribution < -0.4 is 0 Å². The Morgan fingerprint density at radius 2 is 1.85 bits per heavy atom. The van der Waals surface area contributed by atoms with Gasteiger partial charge in [0.15, 0.2) is 0 Å². The molecule has 0 bridgehead atoms. The number of hydrogen-bond acceptors (Lipinski definition) is 7. The zero-order valence-corrected chi connectivity index (χ0v) is 19.4. The summed E-state index contributed by atoms with van der Waals surface area (Å²) < 4.78 is 5.65. The molecule has 2 unspecified atom stereocenters. The van der Waals surface area contributed by atoms with Crippen molar-refractivity contribution in [1.82, 2.24) is 29.9 Å². The van der Waals surface area contributed by atoms with Gasteiger partial charge in [0.2, 0.25) is 11.7 Å². The third kappa shape index (κ3) is 4.79. The van der Waals surface area contributed by atoms with E-state index in [9.17, 15) is 9.90 Å². The molecule has 1 aromatic carbocycles. The summed E-state index contributed by atoms with van der Waals surface area (Å²) in [5.41, 5.74) is 3.06. The smallest absolute Gasteiger partial charge is 0.320 e. The van der Waals surface area contributed by atoms with Crippen molar-refractivity contribution >= 4 is 6.03 Å². The van der Waals surface area contributed by atoms with Crippen molar-refractivity contribution in [2.75, 3.05) is 26.2 Å². The van der Waals surface area contributed by atoms with Crippen LogP contribution in [0.25, 0.3) is 11.5 Å². The summed E-state index contributed by atoms with van der Waals surface area (Å²) in [5.74, 6) is 1.00. The predicted molar refractivity (Wildman–Crippen MR) is 125 cm³/mol. The second kappa shape index (κ2) is 9.89. The molecular formula is C25H30N6O3. The number of aliphatic hydroxyl groups is 1. The number of rotatable bonds is 4. The van der Waals surface area contributed by atoms with E-state index in [1.165, 1.54) is 11.1 Å². The van der Waals surface area contributed by atoms with E-state index >= 15 is 0 Å². The summed E-state index contributed by atoms with van der Waals surface area (Å²) in [6.07, 6.45) is 7.53. The number of aromatic nitrogens is 4. The molecule has 0 saturated carbocycles. The van der Waals surface area contributed by atoms with Crippen molar-refractivity contribution in [3.63, 3.8) is 0 Å². The van der Waals surface area contributed by atoms with Crippen LogP contribution in [0.3, 0.4) is 0 Å². The number of carbonyl (C=O) groups excluding carboxylic acids is 1. The lowest BCUT2D eigenvalue weighted by Crippen LogP contribution is -2.51. The van der Waals surface area contributed by atoms with Gasteiger partial charge in [0.05, 0.1) is 18.2 Å². The van der Waals surface area contributed by atoms with E-state index in [0.717, 1.165) is 12.8 Å². The largest absolute Gasteiger partial charge is 0.393 e. The van der Waals surface area contributed by atoms with Crippen LogP contribution in [0.4, 0.5) is 4.79 Å². The Bertz CT molecular complexity index is 1100. The summed E-state index contributed by atoms with van der Waals surface area (Å²) in [7, 11) is 0. The molecule has 2 aromatic heterocycles. The van der Waals surface area contributed by atoms with Crippen molar-refractivity contribution in [2.45, 2.75) is 50.5 Å². The highest BCUT2D eigenvalue weighted by Crippen LogP contribution is 2.36. The number of hydrogen-bond donors (Lipinski definition) is 1. The highest BCUT2D eigenvalue weighted by atomic mass is 16.5. The third-order valence-electron chi connectivity index (χ3n) is 6.90. The van der Waals surface area contributed by atoms with Gasteiger partial charge in [-0.1, -0.05) is 36.3 Å². The van der Waals surface area contributed by atoms with Crippen LogP contribution in [-0.2, 0) is 6.42 Å². The first kappa shape index (κ1) is 22.5. The summed E-state index contributed by atoms with van der Waals surface area (Å²) in [5, 5.41) is 14.0. The molecule has 1 N–H and O–H groups in total. The van der Waals surface area contributed by atoms with Crippen molar-refractivity contribution in [1.29, 1.82) is 0 Å². The number of piperidine rings is 2. The normalized spacial score (nSPS) is 21.6. The Morgan fingerprint density at radius 3 is 2.56 bits per heavy atom. The van der Waals surface area contributed by atoms with Gasteiger partial charge < -0.3 is 19.4 Å². The monoisotopic (exact) mass is 462 g/mol. The number of likely N-dealkylation sites (tertiary alicyclic amines) is 2. The van der Waals surface area contributed by atoms with Gasteiger partial charge in [-0.25, -0.2) is 9.78 Å². The molecule has 5 rings (SSSR count). The zero-order chi connectivity index (χ0) is 23.5. The number of carbonyl (C=O) groups is 1. The average Bonchev–Trinajstić information content (AvgIpc) is 3.40. The molecule has 0 radical (unpaired) electrons. The Hall–Kier alpha value is -3.33. The van der Waals surface area contributed by atoms with Gasteiger partial charge in [-0.05, 0) is 36.8 Å². The maximum Gasteiger partial charge on any atom is 0.320 e. The van der Waals surface area contributed by atoms with Gasteiger partial charge >= 0.3 is 6.03 Å². The molecule has 9 heteroatoms. The van der Waals surface area contributed by atoms with Crippen LogP contribution in [0.5, 0.6) is 0 Å². The third-order valence-corrected chi connectivity index (χ3v) is 6.90. The molecular weight excluding hydrogens is 432 g/mol. The molecule has 0 aliphatic carbocycles. The van der Waals surface area contributed by atoms with Crippen LogP contribution in [0.2, 0.25) is 0 Å². The van der Waals surface area contributed by atoms with Crippen LogP contribution in [0.15, 0.2) is 47.4 Å². The maximum absolute atomic E-state index is 13.4. The van der Waals surface area contributed by atoms with Gasteiger partial charge in [-0.15, -0.1) is 0 Å². The minimum Gasteiger partial charge on any atom is -0.393 e. The number of aliphatic hydroxyl groups excluding tert-OH is 1. The van der Waals surface area contributed by atoms with Crippen LogP contribution in [0, 0.1) is 0 Å². The van der Waals surface area contributed by atoms with Gasteiger partial charge in [0.25, 0.3) is 0 Å². The van der Waals surface area contributed by atoms with E-state index in [1.807, 2.05) is 9.80 Å². The molecule has 9 nitrogen and oxygen atoms in total. The summed E-state index contributed by atoms with van der Waals surface area (Å²) >= 11 is 0. The van der Waals surface area contributed by atoms with Gasteiger partial charge in [0, 0.05) is 44.5 Å². The standard InChI is InChI=1S/C25H30N6O3/c1-2-17-3-5-18(6-4-17)19-13-20(24-28-23(29-34-24)22-14-26-9-10-27-22)16-31(15-19)25(33)30-11-7-21(32)8-12-30/h3-6,9-10,14,19-21,32H,2,7-8,11-13,15-16H2,1H3. The highest BCUT2D eigenvalue weighted by molar-refractivity contribution is 5.75. The SMILES string of the molecule is CCc1ccc(C2CC(c3nc(-c4cnccn4)no3)CN(C(=O)N3CCC(O)CC3)C2)cc1. The van der Waals surface area contributed by atoms with E-state index in [1.54, 1.807) is 18.6 Å². The van der Waals surface area contributed by atoms with Gasteiger partial charge in [-0.2, -0.15) is 4.98 Å². The second-order valence-electron chi connectivity index (χ2n) is 9.18. The Kier molecular flexibility index (Phi) is 6.53. The lowest BCUT2D eigenvalue weighted by atomic mass is 9.84. The van der Waals surface area contributed by atoms with Crippen LogP contribution in [-0.4, -0.2) is 73.3 Å². The van der Waals surface area contributed by atoms with Crippen molar-refractivity contribution in [3.05, 3.63) is 59.9 Å². The molecule has 2 aliphatic heterocycles. The molecule has 3 aromatic rings. The fourth-order valence-corrected chi connectivity index (χ4v) is 4.88. The van der Waals surface area contributed by atoms with E-state index < -0.39 is 0 Å². The lowest BCUT2D eigenvalue weighted by molar-refractivity contribution is 0.0744. The first-order chi connectivity index (χ1) is 16.6. The van der Waals surface area contributed by atoms with E-state index in [2.05, 4.69) is 51.3 Å². The van der Waals surface area contributed by atoms with Crippen molar-refractivity contribution < 1.29 is 14.4 Å². The summed E-state index contributed by atoms with van der Waals surface area (Å²) in [4.78, 5) is 30.1. The minimum atomic E-state index is -0.319. The maximum atomic E-state index is 13.4. The molecule has 2 aliphatic rings. The molecule has 2 fully saturated rings. The minimum absolute atomic E-state index is 0.0143. The fraction of sp³-hybridized carbons (Fsp3) is 0.480. The highest BCUT2D eigenvalue weighted by Gasteiger charge is 2.37. The predicted octanol–water partition coefficient (Wildman–Crippen LogP) is 3.24. The zero-order valence-electron chi connectivity index (χ0n) is 19.4. The second-order valence-corrected chi connectivity index (χ2v) is 9.18. The number of benzene rings is 1.